The standard InChI is InChI=1S/C24H26N2O5/c1-15-20(11-10-18-17-7-3-4-8-19(17)24(29)31-22(15)18)30-16(2)23(28)25-12-6-14-26-13-5-9-21(26)27/h3-4,7-8,10-11,16H,5-6,9,12-14H2,1-2H3,(H,25,28)/t16-/m1/s1. The van der Waals surface area contributed by atoms with E-state index in [0.717, 1.165) is 23.7 Å². The van der Waals surface area contributed by atoms with Gasteiger partial charge in [0.1, 0.15) is 11.3 Å². The summed E-state index contributed by atoms with van der Waals surface area (Å²) in [4.78, 5) is 38.2. The summed E-state index contributed by atoms with van der Waals surface area (Å²) in [6, 6.07) is 11.0. The van der Waals surface area contributed by atoms with Crippen LogP contribution in [0.15, 0.2) is 45.6 Å². The third kappa shape index (κ3) is 4.26. The average molecular weight is 422 g/mol. The first kappa shape index (κ1) is 20.9. The molecule has 0 aliphatic carbocycles. The van der Waals surface area contributed by atoms with Gasteiger partial charge in [-0.2, -0.15) is 0 Å². The van der Waals surface area contributed by atoms with Gasteiger partial charge < -0.3 is 19.4 Å². The van der Waals surface area contributed by atoms with Crippen molar-refractivity contribution < 1.29 is 18.7 Å². The van der Waals surface area contributed by atoms with Gasteiger partial charge in [0.15, 0.2) is 6.10 Å². The number of rotatable bonds is 7. The second kappa shape index (κ2) is 8.79. The van der Waals surface area contributed by atoms with Crippen molar-refractivity contribution in [2.75, 3.05) is 19.6 Å². The maximum Gasteiger partial charge on any atom is 0.344 e. The lowest BCUT2D eigenvalue weighted by atomic mass is 10.0. The van der Waals surface area contributed by atoms with Gasteiger partial charge in [0.2, 0.25) is 5.91 Å². The van der Waals surface area contributed by atoms with Crippen LogP contribution in [0.5, 0.6) is 5.75 Å². The van der Waals surface area contributed by atoms with E-state index in [1.54, 1.807) is 25.1 Å². The van der Waals surface area contributed by atoms with Crippen LogP contribution in [-0.2, 0) is 9.59 Å². The van der Waals surface area contributed by atoms with Gasteiger partial charge in [-0.05, 0) is 50.3 Å². The summed E-state index contributed by atoms with van der Waals surface area (Å²) in [6.45, 7) is 5.44. The molecule has 0 bridgehead atoms. The fraction of sp³-hybridized carbons (Fsp3) is 0.375. The number of likely N-dealkylation sites (tertiary alicyclic amines) is 1. The molecule has 1 atom stereocenters. The molecule has 4 rings (SSSR count). The van der Waals surface area contributed by atoms with E-state index in [1.165, 1.54) is 0 Å². The number of ether oxygens (including phenoxy) is 1. The van der Waals surface area contributed by atoms with Gasteiger partial charge in [0.05, 0.1) is 5.39 Å². The smallest absolute Gasteiger partial charge is 0.344 e. The summed E-state index contributed by atoms with van der Waals surface area (Å²) in [5.74, 6) is 0.456. The van der Waals surface area contributed by atoms with E-state index >= 15 is 0 Å². The van der Waals surface area contributed by atoms with Crippen LogP contribution in [0.2, 0.25) is 0 Å². The number of fused-ring (bicyclic) bond motifs is 3. The van der Waals surface area contributed by atoms with E-state index in [1.807, 2.05) is 30.0 Å². The van der Waals surface area contributed by atoms with Crippen LogP contribution >= 0.6 is 0 Å². The van der Waals surface area contributed by atoms with Crippen molar-refractivity contribution in [3.63, 3.8) is 0 Å². The van der Waals surface area contributed by atoms with Gasteiger partial charge >= 0.3 is 5.63 Å². The number of hydrogen-bond acceptors (Lipinski definition) is 5. The van der Waals surface area contributed by atoms with Crippen molar-refractivity contribution >= 4 is 33.6 Å². The Balaban J connectivity index is 1.42. The quantitative estimate of drug-likeness (QED) is 0.359. The topological polar surface area (TPSA) is 88.8 Å². The van der Waals surface area contributed by atoms with Crippen molar-refractivity contribution in [2.45, 2.75) is 39.2 Å². The van der Waals surface area contributed by atoms with Crippen molar-refractivity contribution in [1.82, 2.24) is 10.2 Å². The third-order valence-electron chi connectivity index (χ3n) is 5.74. The third-order valence-corrected chi connectivity index (χ3v) is 5.74. The zero-order valence-corrected chi connectivity index (χ0v) is 17.8. The van der Waals surface area contributed by atoms with Crippen molar-refractivity contribution in [2.24, 2.45) is 0 Å². The van der Waals surface area contributed by atoms with Crippen LogP contribution in [0.4, 0.5) is 0 Å². The van der Waals surface area contributed by atoms with Gasteiger partial charge in [0.25, 0.3) is 5.91 Å². The fourth-order valence-electron chi connectivity index (χ4n) is 4.00. The summed E-state index contributed by atoms with van der Waals surface area (Å²) in [6.07, 6.45) is 1.53. The Morgan fingerprint density at radius 3 is 2.68 bits per heavy atom. The maximum absolute atomic E-state index is 12.4. The molecule has 0 saturated carbocycles. The number of hydrogen-bond donors (Lipinski definition) is 1. The zero-order chi connectivity index (χ0) is 22.0. The van der Waals surface area contributed by atoms with Gasteiger partial charge in [-0.15, -0.1) is 0 Å². The first-order valence-electron chi connectivity index (χ1n) is 10.6. The first-order chi connectivity index (χ1) is 15.0. The Labute approximate surface area is 180 Å². The highest BCUT2D eigenvalue weighted by molar-refractivity contribution is 6.05. The highest BCUT2D eigenvalue weighted by Crippen LogP contribution is 2.31. The monoisotopic (exact) mass is 422 g/mol. The number of nitrogens with zero attached hydrogens (tertiary/aromatic N) is 1. The van der Waals surface area contributed by atoms with Crippen LogP contribution in [0.3, 0.4) is 0 Å². The van der Waals surface area contributed by atoms with Gasteiger partial charge in [-0.25, -0.2) is 4.79 Å². The van der Waals surface area contributed by atoms with Crippen LogP contribution < -0.4 is 15.7 Å². The molecule has 1 aromatic heterocycles. The Morgan fingerprint density at radius 1 is 1.16 bits per heavy atom. The van der Waals surface area contributed by atoms with Gasteiger partial charge in [-0.3, -0.25) is 9.59 Å². The van der Waals surface area contributed by atoms with Gasteiger partial charge in [0, 0.05) is 37.0 Å². The molecule has 2 heterocycles. The van der Waals surface area contributed by atoms with Crippen molar-refractivity contribution in [1.29, 1.82) is 0 Å². The fourth-order valence-corrected chi connectivity index (χ4v) is 4.00. The zero-order valence-electron chi connectivity index (χ0n) is 17.8. The number of carbonyl (C=O) groups is 2. The lowest BCUT2D eigenvalue weighted by molar-refractivity contribution is -0.127. The summed E-state index contributed by atoms with van der Waals surface area (Å²) < 4.78 is 11.4. The van der Waals surface area contributed by atoms with Gasteiger partial charge in [-0.1, -0.05) is 18.2 Å². The minimum Gasteiger partial charge on any atom is -0.480 e. The number of carbonyl (C=O) groups excluding carboxylic acids is 2. The van der Waals surface area contributed by atoms with Crippen molar-refractivity contribution in [3.8, 4) is 5.75 Å². The SMILES string of the molecule is Cc1c(O[C@H](C)C(=O)NCCCN2CCCC2=O)ccc2c1oc(=O)c1ccccc12. The molecular formula is C24H26N2O5. The van der Waals surface area contributed by atoms with Crippen LogP contribution in [-0.4, -0.2) is 42.5 Å². The van der Waals surface area contributed by atoms with Crippen LogP contribution in [0, 0.1) is 6.92 Å². The van der Waals surface area contributed by atoms with E-state index in [0.29, 0.717) is 48.2 Å². The molecule has 162 valence electrons. The second-order valence-electron chi connectivity index (χ2n) is 7.89. The van der Waals surface area contributed by atoms with E-state index in [9.17, 15) is 14.4 Å². The second-order valence-corrected chi connectivity index (χ2v) is 7.89. The van der Waals surface area contributed by atoms with Crippen molar-refractivity contribution in [3.05, 3.63) is 52.4 Å². The van der Waals surface area contributed by atoms with E-state index in [4.69, 9.17) is 9.15 Å². The molecule has 2 aromatic carbocycles. The molecule has 31 heavy (non-hydrogen) atoms. The van der Waals surface area contributed by atoms with E-state index in [2.05, 4.69) is 5.32 Å². The largest absolute Gasteiger partial charge is 0.480 e. The number of amides is 2. The summed E-state index contributed by atoms with van der Waals surface area (Å²) in [5.41, 5.74) is 0.738. The molecule has 7 heteroatoms. The molecule has 7 nitrogen and oxygen atoms in total. The van der Waals surface area contributed by atoms with Crippen LogP contribution in [0.25, 0.3) is 21.7 Å². The number of aryl methyl sites for hydroxylation is 1. The molecule has 1 aliphatic rings. The Kier molecular flexibility index (Phi) is 5.93. The molecule has 1 saturated heterocycles. The summed E-state index contributed by atoms with van der Waals surface area (Å²) >= 11 is 0. The Bertz CT molecular complexity index is 1200. The van der Waals surface area contributed by atoms with E-state index in [-0.39, 0.29) is 11.8 Å². The molecule has 0 spiro atoms. The average Bonchev–Trinajstić information content (AvgIpc) is 3.18. The molecule has 0 unspecified atom stereocenters. The molecule has 3 aromatic rings. The molecule has 1 aliphatic heterocycles. The minimum absolute atomic E-state index is 0.189. The normalized spacial score (nSPS) is 14.9. The highest BCUT2D eigenvalue weighted by Gasteiger charge is 2.20. The highest BCUT2D eigenvalue weighted by atomic mass is 16.5. The molecular weight excluding hydrogens is 396 g/mol. The summed E-state index contributed by atoms with van der Waals surface area (Å²) in [5, 5.41) is 5.04. The predicted molar refractivity (Wildman–Crippen MR) is 118 cm³/mol. The number of benzene rings is 2. The minimum atomic E-state index is -0.711. The first-order valence-corrected chi connectivity index (χ1v) is 10.6. The lowest BCUT2D eigenvalue weighted by Gasteiger charge is -2.18. The summed E-state index contributed by atoms with van der Waals surface area (Å²) in [7, 11) is 0. The number of nitrogens with one attached hydrogen (secondary N) is 1. The van der Waals surface area contributed by atoms with Crippen LogP contribution in [0.1, 0.15) is 31.7 Å². The molecule has 0 radical (unpaired) electrons. The molecule has 1 N–H and O–H groups in total. The Morgan fingerprint density at radius 2 is 1.94 bits per heavy atom. The predicted octanol–water partition coefficient (Wildman–Crippen LogP) is 3.15. The maximum atomic E-state index is 12.4. The molecule has 1 fully saturated rings. The Hall–Kier alpha value is -3.35. The lowest BCUT2D eigenvalue weighted by Crippen LogP contribution is -2.38. The van der Waals surface area contributed by atoms with E-state index < -0.39 is 11.7 Å². The molecule has 2 amide bonds.